The fourth-order valence-corrected chi connectivity index (χ4v) is 1.44. The Kier molecular flexibility index (Phi) is 7.25. The molecule has 0 aliphatic rings. The van der Waals surface area contributed by atoms with E-state index in [1.54, 1.807) is 5.32 Å². The van der Waals surface area contributed by atoms with Crippen molar-refractivity contribution in [3.05, 3.63) is 46.0 Å². The Morgan fingerprint density at radius 3 is 2.35 bits per heavy atom. The molecule has 0 aromatic heterocycles. The third kappa shape index (κ3) is 8.42. The molecule has 0 saturated heterocycles. The summed E-state index contributed by atoms with van der Waals surface area (Å²) in [4.78, 5) is 43.5. The number of rotatable bonds is 6. The van der Waals surface area contributed by atoms with Crippen molar-refractivity contribution in [2.75, 3.05) is 13.2 Å². The van der Waals surface area contributed by atoms with Gasteiger partial charge in [0.1, 0.15) is 6.54 Å². The Labute approximate surface area is 144 Å². The smallest absolute Gasteiger partial charge is 0.405 e. The highest BCUT2D eigenvalue weighted by Gasteiger charge is 2.28. The first-order chi connectivity index (χ1) is 12.1. The molecule has 9 nitrogen and oxygen atoms in total. The van der Waals surface area contributed by atoms with Gasteiger partial charge in [-0.2, -0.15) is 13.2 Å². The van der Waals surface area contributed by atoms with Gasteiger partial charge in [-0.3, -0.25) is 20.2 Å². The summed E-state index contributed by atoms with van der Waals surface area (Å²) < 4.78 is 40.1. The molecule has 12 heteroatoms. The van der Waals surface area contributed by atoms with Gasteiger partial charge in [-0.15, -0.1) is 0 Å². The molecular formula is C14H12F3N3O6. The van der Waals surface area contributed by atoms with E-state index >= 15 is 0 Å². The summed E-state index contributed by atoms with van der Waals surface area (Å²) in [6.45, 7) is -2.51. The molecule has 0 radical (unpaired) electrons. The van der Waals surface area contributed by atoms with Gasteiger partial charge in [0.25, 0.3) is 11.6 Å². The zero-order chi connectivity index (χ0) is 19.7. The molecule has 0 spiro atoms. The zero-order valence-corrected chi connectivity index (χ0v) is 12.9. The second-order valence-electron chi connectivity index (χ2n) is 4.64. The van der Waals surface area contributed by atoms with E-state index < -0.39 is 42.2 Å². The highest BCUT2D eigenvalue weighted by atomic mass is 19.4. The number of carbonyl (C=O) groups is 3. The van der Waals surface area contributed by atoms with Crippen LogP contribution in [-0.4, -0.2) is 42.2 Å². The lowest BCUT2D eigenvalue weighted by molar-refractivity contribution is -0.384. The molecule has 0 unspecified atom stereocenters. The number of ether oxygens (including phenoxy) is 1. The molecule has 0 heterocycles. The summed E-state index contributed by atoms with van der Waals surface area (Å²) in [6.07, 6.45) is -2.44. The van der Waals surface area contributed by atoms with E-state index in [-0.39, 0.29) is 5.69 Å². The SMILES string of the molecule is O=C(COC(=O)/C=C/c1ccc([N+](=O)[O-])cc1)NC(=O)NCC(F)(F)F. The average molecular weight is 375 g/mol. The largest absolute Gasteiger partial charge is 0.452 e. The number of urea groups is 1. The predicted molar refractivity (Wildman–Crippen MR) is 80.7 cm³/mol. The van der Waals surface area contributed by atoms with E-state index in [0.29, 0.717) is 5.56 Å². The van der Waals surface area contributed by atoms with Crippen LogP contribution in [-0.2, 0) is 14.3 Å². The third-order valence-electron chi connectivity index (χ3n) is 2.56. The molecule has 3 amide bonds. The molecule has 0 fully saturated rings. The minimum absolute atomic E-state index is 0.134. The second-order valence-corrected chi connectivity index (χ2v) is 4.64. The predicted octanol–water partition coefficient (Wildman–Crippen LogP) is 1.54. The summed E-state index contributed by atoms with van der Waals surface area (Å²) in [5, 5.41) is 13.4. The van der Waals surface area contributed by atoms with Gasteiger partial charge >= 0.3 is 18.2 Å². The van der Waals surface area contributed by atoms with Gasteiger partial charge in [-0.25, -0.2) is 9.59 Å². The number of hydrogen-bond donors (Lipinski definition) is 2. The second kappa shape index (κ2) is 9.15. The highest BCUT2D eigenvalue weighted by molar-refractivity contribution is 5.96. The number of imide groups is 1. The van der Waals surface area contributed by atoms with Crippen LogP contribution in [0.25, 0.3) is 6.08 Å². The first-order valence-electron chi connectivity index (χ1n) is 6.80. The minimum Gasteiger partial charge on any atom is -0.452 e. The molecule has 0 saturated carbocycles. The molecule has 0 aliphatic heterocycles. The molecule has 0 bridgehead atoms. The van der Waals surface area contributed by atoms with E-state index in [9.17, 15) is 37.7 Å². The van der Waals surface area contributed by atoms with E-state index in [1.807, 2.05) is 0 Å². The molecule has 140 valence electrons. The number of nitro benzene ring substituents is 1. The molecule has 2 N–H and O–H groups in total. The number of nitrogens with one attached hydrogen (secondary N) is 2. The van der Waals surface area contributed by atoms with Gasteiger partial charge < -0.3 is 10.1 Å². The topological polar surface area (TPSA) is 128 Å². The lowest BCUT2D eigenvalue weighted by atomic mass is 10.2. The van der Waals surface area contributed by atoms with Gasteiger partial charge in [-0.1, -0.05) is 0 Å². The number of esters is 1. The number of benzene rings is 1. The molecule has 0 atom stereocenters. The molecular weight excluding hydrogens is 363 g/mol. The first-order valence-corrected chi connectivity index (χ1v) is 6.80. The Balaban J connectivity index is 2.37. The number of carbonyl (C=O) groups excluding carboxylic acids is 3. The molecule has 26 heavy (non-hydrogen) atoms. The average Bonchev–Trinajstić information content (AvgIpc) is 2.56. The van der Waals surface area contributed by atoms with Crippen molar-refractivity contribution < 1.29 is 37.2 Å². The fraction of sp³-hybridized carbons (Fsp3) is 0.214. The van der Waals surface area contributed by atoms with Gasteiger partial charge in [-0.05, 0) is 23.8 Å². The monoisotopic (exact) mass is 375 g/mol. The van der Waals surface area contributed by atoms with Gasteiger partial charge in [0.2, 0.25) is 0 Å². The van der Waals surface area contributed by atoms with Crippen LogP contribution < -0.4 is 10.6 Å². The first kappa shape index (κ1) is 20.6. The zero-order valence-electron chi connectivity index (χ0n) is 12.9. The number of amides is 3. The number of nitrogens with zero attached hydrogens (tertiary/aromatic N) is 1. The van der Waals surface area contributed by atoms with Crippen molar-refractivity contribution in [1.82, 2.24) is 10.6 Å². The van der Waals surface area contributed by atoms with Gasteiger partial charge in [0, 0.05) is 18.2 Å². The fourth-order valence-electron chi connectivity index (χ4n) is 1.44. The van der Waals surface area contributed by atoms with Crippen molar-refractivity contribution >= 4 is 29.7 Å². The van der Waals surface area contributed by atoms with Gasteiger partial charge in [0.05, 0.1) is 4.92 Å². The van der Waals surface area contributed by atoms with E-state index in [4.69, 9.17) is 0 Å². The minimum atomic E-state index is -4.63. The van der Waals surface area contributed by atoms with Crippen LogP contribution in [0.5, 0.6) is 0 Å². The van der Waals surface area contributed by atoms with Crippen molar-refractivity contribution in [2.24, 2.45) is 0 Å². The standard InChI is InChI=1S/C14H12F3N3O6/c15-14(16,17)8-18-13(23)19-11(21)7-26-12(22)6-3-9-1-4-10(5-2-9)20(24)25/h1-6H,7-8H2,(H2,18,19,21,23)/b6-3+. The van der Waals surface area contributed by atoms with Crippen LogP contribution in [0.1, 0.15) is 5.56 Å². The van der Waals surface area contributed by atoms with Crippen LogP contribution in [0.3, 0.4) is 0 Å². The summed E-state index contributed by atoms with van der Waals surface area (Å²) >= 11 is 0. The summed E-state index contributed by atoms with van der Waals surface area (Å²) in [5.41, 5.74) is 0.314. The molecule has 0 aliphatic carbocycles. The lowest BCUT2D eigenvalue weighted by Gasteiger charge is -2.08. The summed E-state index contributed by atoms with van der Waals surface area (Å²) in [5.74, 6) is -2.09. The summed E-state index contributed by atoms with van der Waals surface area (Å²) in [6, 6.07) is 3.81. The molecule has 1 aromatic rings. The molecule has 1 aromatic carbocycles. The molecule has 1 rings (SSSR count). The maximum Gasteiger partial charge on any atom is 0.405 e. The number of hydrogen-bond acceptors (Lipinski definition) is 6. The Bertz CT molecular complexity index is 716. The maximum absolute atomic E-state index is 11.9. The normalized spacial score (nSPS) is 11.0. The number of alkyl halides is 3. The van der Waals surface area contributed by atoms with Crippen LogP contribution in [0.4, 0.5) is 23.7 Å². The van der Waals surface area contributed by atoms with Crippen LogP contribution in [0.15, 0.2) is 30.3 Å². The maximum atomic E-state index is 11.9. The van der Waals surface area contributed by atoms with Gasteiger partial charge in [0.15, 0.2) is 6.61 Å². The van der Waals surface area contributed by atoms with Crippen LogP contribution in [0, 0.1) is 10.1 Å². The van der Waals surface area contributed by atoms with Crippen molar-refractivity contribution in [3.63, 3.8) is 0 Å². The Morgan fingerprint density at radius 2 is 1.81 bits per heavy atom. The van der Waals surface area contributed by atoms with Crippen molar-refractivity contribution in [1.29, 1.82) is 0 Å². The van der Waals surface area contributed by atoms with Crippen molar-refractivity contribution in [3.8, 4) is 0 Å². The number of non-ortho nitro benzene ring substituents is 1. The number of nitro groups is 1. The Morgan fingerprint density at radius 1 is 1.19 bits per heavy atom. The highest BCUT2D eigenvalue weighted by Crippen LogP contribution is 2.13. The van der Waals surface area contributed by atoms with Crippen molar-refractivity contribution in [2.45, 2.75) is 6.18 Å². The quantitative estimate of drug-likeness (QED) is 0.336. The van der Waals surface area contributed by atoms with E-state index in [2.05, 4.69) is 4.74 Å². The summed E-state index contributed by atoms with van der Waals surface area (Å²) in [7, 11) is 0. The number of halogens is 3. The lowest BCUT2D eigenvalue weighted by Crippen LogP contribution is -2.44. The van der Waals surface area contributed by atoms with Crippen LogP contribution in [0.2, 0.25) is 0 Å². The van der Waals surface area contributed by atoms with E-state index in [1.165, 1.54) is 35.7 Å². The Hall–Kier alpha value is -3.44. The third-order valence-corrected chi connectivity index (χ3v) is 2.56. The van der Waals surface area contributed by atoms with Crippen LogP contribution >= 0.6 is 0 Å². The van der Waals surface area contributed by atoms with E-state index in [0.717, 1.165) is 6.08 Å².